The third-order valence-electron chi connectivity index (χ3n) is 4.52. The zero-order chi connectivity index (χ0) is 21.0. The van der Waals surface area contributed by atoms with Crippen LogP contribution in [0.25, 0.3) is 10.6 Å². The highest BCUT2D eigenvalue weighted by Gasteiger charge is 2.17. The maximum absolute atomic E-state index is 13.6. The molecule has 0 unspecified atom stereocenters. The SMILES string of the molecule is CCCCc1ccc(F)nc1C(=O)Nc1nnc(-c2cc(C)c(OC)c(C)c2)s1. The number of anilines is 1. The molecule has 152 valence electrons. The molecule has 0 aliphatic rings. The minimum atomic E-state index is -0.683. The maximum Gasteiger partial charge on any atom is 0.276 e. The number of benzene rings is 1. The monoisotopic (exact) mass is 414 g/mol. The average Bonchev–Trinajstić information content (AvgIpc) is 3.15. The Hall–Kier alpha value is -2.87. The summed E-state index contributed by atoms with van der Waals surface area (Å²) in [5.74, 6) is -0.332. The van der Waals surface area contributed by atoms with Crippen molar-refractivity contribution in [1.29, 1.82) is 0 Å². The number of carbonyl (C=O) groups excluding carboxylic acids is 1. The Morgan fingerprint density at radius 2 is 1.93 bits per heavy atom. The van der Waals surface area contributed by atoms with Crippen molar-refractivity contribution in [3.8, 4) is 16.3 Å². The molecule has 0 fully saturated rings. The maximum atomic E-state index is 13.6. The largest absolute Gasteiger partial charge is 0.496 e. The van der Waals surface area contributed by atoms with Crippen LogP contribution in [0.15, 0.2) is 24.3 Å². The van der Waals surface area contributed by atoms with E-state index >= 15 is 0 Å². The first-order valence-electron chi connectivity index (χ1n) is 9.38. The van der Waals surface area contributed by atoms with Crippen LogP contribution in [0, 0.1) is 19.8 Å². The van der Waals surface area contributed by atoms with Crippen molar-refractivity contribution < 1.29 is 13.9 Å². The van der Waals surface area contributed by atoms with Crippen molar-refractivity contribution in [2.24, 2.45) is 0 Å². The molecule has 0 saturated heterocycles. The van der Waals surface area contributed by atoms with Gasteiger partial charge in [-0.15, -0.1) is 10.2 Å². The number of hydrogen-bond acceptors (Lipinski definition) is 6. The van der Waals surface area contributed by atoms with Gasteiger partial charge < -0.3 is 4.74 Å². The van der Waals surface area contributed by atoms with E-state index in [9.17, 15) is 9.18 Å². The molecule has 0 aliphatic heterocycles. The van der Waals surface area contributed by atoms with Gasteiger partial charge >= 0.3 is 0 Å². The molecule has 0 atom stereocenters. The molecule has 2 aromatic heterocycles. The summed E-state index contributed by atoms with van der Waals surface area (Å²) in [5, 5.41) is 11.9. The Labute approximate surface area is 173 Å². The number of unbranched alkanes of at least 4 members (excludes halogenated alkanes) is 1. The number of hydrogen-bond donors (Lipinski definition) is 1. The van der Waals surface area contributed by atoms with Crippen molar-refractivity contribution in [2.75, 3.05) is 12.4 Å². The summed E-state index contributed by atoms with van der Waals surface area (Å²) in [7, 11) is 1.64. The Morgan fingerprint density at radius 3 is 2.59 bits per heavy atom. The number of amides is 1. The van der Waals surface area contributed by atoms with Crippen molar-refractivity contribution in [3.63, 3.8) is 0 Å². The lowest BCUT2D eigenvalue weighted by Crippen LogP contribution is -2.17. The van der Waals surface area contributed by atoms with Crippen LogP contribution in [0.5, 0.6) is 5.75 Å². The molecular formula is C21H23FN4O2S. The van der Waals surface area contributed by atoms with Crippen molar-refractivity contribution in [3.05, 3.63) is 52.6 Å². The Balaban J connectivity index is 1.82. The number of pyridine rings is 1. The molecule has 3 aromatic rings. The van der Waals surface area contributed by atoms with E-state index in [1.807, 2.05) is 26.0 Å². The summed E-state index contributed by atoms with van der Waals surface area (Å²) >= 11 is 1.25. The number of carbonyl (C=O) groups is 1. The van der Waals surface area contributed by atoms with Crippen LogP contribution in [0.4, 0.5) is 9.52 Å². The van der Waals surface area contributed by atoms with E-state index in [4.69, 9.17) is 4.74 Å². The topological polar surface area (TPSA) is 77.0 Å². The zero-order valence-electron chi connectivity index (χ0n) is 16.9. The van der Waals surface area contributed by atoms with E-state index in [1.54, 1.807) is 13.2 Å². The predicted octanol–water partition coefficient (Wildman–Crippen LogP) is 4.96. The van der Waals surface area contributed by atoms with Gasteiger partial charge in [-0.2, -0.15) is 4.39 Å². The number of nitrogens with one attached hydrogen (secondary N) is 1. The highest BCUT2D eigenvalue weighted by molar-refractivity contribution is 7.18. The molecule has 1 amide bonds. The molecule has 0 spiro atoms. The molecule has 0 aliphatic carbocycles. The Morgan fingerprint density at radius 1 is 1.21 bits per heavy atom. The quantitative estimate of drug-likeness (QED) is 0.553. The molecular weight excluding hydrogens is 391 g/mol. The lowest BCUT2D eigenvalue weighted by molar-refractivity contribution is 0.102. The lowest BCUT2D eigenvalue weighted by atomic mass is 10.1. The molecule has 0 bridgehead atoms. The van der Waals surface area contributed by atoms with E-state index in [1.165, 1.54) is 17.4 Å². The molecule has 0 radical (unpaired) electrons. The van der Waals surface area contributed by atoms with Gasteiger partial charge in [0.2, 0.25) is 11.1 Å². The highest BCUT2D eigenvalue weighted by Crippen LogP contribution is 2.32. The molecule has 1 N–H and O–H groups in total. The summed E-state index contributed by atoms with van der Waals surface area (Å²) < 4.78 is 19.0. The van der Waals surface area contributed by atoms with Crippen LogP contribution in [0.3, 0.4) is 0 Å². The smallest absolute Gasteiger partial charge is 0.276 e. The van der Waals surface area contributed by atoms with Crippen molar-refractivity contribution >= 4 is 22.4 Å². The van der Waals surface area contributed by atoms with Gasteiger partial charge in [0.15, 0.2) is 0 Å². The number of methoxy groups -OCH3 is 1. The molecule has 1 aromatic carbocycles. The third kappa shape index (κ3) is 4.76. The normalized spacial score (nSPS) is 10.8. The minimum absolute atomic E-state index is 0.0892. The molecule has 0 saturated carbocycles. The van der Waals surface area contributed by atoms with E-state index < -0.39 is 11.9 Å². The summed E-state index contributed by atoms with van der Waals surface area (Å²) in [4.78, 5) is 16.5. The second kappa shape index (κ2) is 9.09. The van der Waals surface area contributed by atoms with E-state index in [-0.39, 0.29) is 5.69 Å². The molecule has 6 nitrogen and oxygen atoms in total. The summed E-state index contributed by atoms with van der Waals surface area (Å²) in [6, 6.07) is 6.82. The van der Waals surface area contributed by atoms with Crippen LogP contribution >= 0.6 is 11.3 Å². The zero-order valence-corrected chi connectivity index (χ0v) is 17.7. The fraction of sp³-hybridized carbons (Fsp3) is 0.333. The van der Waals surface area contributed by atoms with E-state index in [2.05, 4.69) is 27.4 Å². The van der Waals surface area contributed by atoms with Gasteiger partial charge in [-0.3, -0.25) is 10.1 Å². The second-order valence-electron chi connectivity index (χ2n) is 6.76. The summed E-state index contributed by atoms with van der Waals surface area (Å²) in [5.41, 5.74) is 3.69. The first-order chi connectivity index (χ1) is 13.9. The third-order valence-corrected chi connectivity index (χ3v) is 5.40. The van der Waals surface area contributed by atoms with Gasteiger partial charge in [0, 0.05) is 5.56 Å². The number of rotatable bonds is 7. The van der Waals surface area contributed by atoms with Gasteiger partial charge in [0.05, 0.1) is 7.11 Å². The molecule has 8 heteroatoms. The van der Waals surface area contributed by atoms with Gasteiger partial charge in [-0.05, 0) is 61.6 Å². The van der Waals surface area contributed by atoms with Gasteiger partial charge in [-0.1, -0.05) is 30.7 Å². The van der Waals surface area contributed by atoms with E-state index in [0.717, 1.165) is 40.8 Å². The molecule has 3 rings (SSSR count). The Kier molecular flexibility index (Phi) is 6.53. The summed E-state index contributed by atoms with van der Waals surface area (Å²) in [6.07, 6.45) is 2.53. The van der Waals surface area contributed by atoms with Gasteiger partial charge in [0.25, 0.3) is 5.91 Å². The number of aryl methyl sites for hydroxylation is 3. The molecule has 2 heterocycles. The van der Waals surface area contributed by atoms with Crippen molar-refractivity contribution in [2.45, 2.75) is 40.0 Å². The number of aromatic nitrogens is 3. The number of ether oxygens (including phenoxy) is 1. The molecule has 29 heavy (non-hydrogen) atoms. The summed E-state index contributed by atoms with van der Waals surface area (Å²) in [6.45, 7) is 5.99. The van der Waals surface area contributed by atoms with Crippen LogP contribution in [0.2, 0.25) is 0 Å². The lowest BCUT2D eigenvalue weighted by Gasteiger charge is -2.09. The first-order valence-corrected chi connectivity index (χ1v) is 10.2. The van der Waals surface area contributed by atoms with Crippen LogP contribution in [-0.2, 0) is 6.42 Å². The van der Waals surface area contributed by atoms with Crippen LogP contribution < -0.4 is 10.1 Å². The second-order valence-corrected chi connectivity index (χ2v) is 7.73. The minimum Gasteiger partial charge on any atom is -0.496 e. The fourth-order valence-corrected chi connectivity index (χ4v) is 3.90. The van der Waals surface area contributed by atoms with E-state index in [0.29, 0.717) is 16.6 Å². The number of halogens is 1. The van der Waals surface area contributed by atoms with Crippen LogP contribution in [0.1, 0.15) is 46.9 Å². The fourth-order valence-electron chi connectivity index (χ4n) is 3.17. The predicted molar refractivity (Wildman–Crippen MR) is 112 cm³/mol. The van der Waals surface area contributed by atoms with Crippen molar-refractivity contribution in [1.82, 2.24) is 15.2 Å². The van der Waals surface area contributed by atoms with Crippen LogP contribution in [-0.4, -0.2) is 28.2 Å². The van der Waals surface area contributed by atoms with Gasteiger partial charge in [0.1, 0.15) is 16.5 Å². The first kappa shape index (κ1) is 20.9. The van der Waals surface area contributed by atoms with Gasteiger partial charge in [-0.25, -0.2) is 4.98 Å². The Bertz CT molecular complexity index is 1010. The highest BCUT2D eigenvalue weighted by atomic mass is 32.1. The number of nitrogens with zero attached hydrogens (tertiary/aromatic N) is 3. The standard InChI is InChI=1S/C21H23FN4O2S/c1-5-6-7-14-8-9-16(22)23-17(14)19(27)24-21-26-25-20(29-21)15-10-12(2)18(28-4)13(3)11-15/h8-11H,5-7H2,1-4H3,(H,24,26,27). The average molecular weight is 415 g/mol.